The van der Waals surface area contributed by atoms with E-state index in [1.54, 1.807) is 17.8 Å². The molecule has 1 unspecified atom stereocenters. The van der Waals surface area contributed by atoms with Gasteiger partial charge in [-0.1, -0.05) is 12.1 Å². The molecule has 1 amide bonds. The monoisotopic (exact) mass is 297 g/mol. The molecule has 1 aliphatic heterocycles. The van der Waals surface area contributed by atoms with Crippen LogP contribution in [-0.4, -0.2) is 48.6 Å². The highest BCUT2D eigenvalue weighted by Gasteiger charge is 2.24. The summed E-state index contributed by atoms with van der Waals surface area (Å²) in [6.07, 6.45) is 3.18. The highest BCUT2D eigenvalue weighted by molar-refractivity contribution is 7.98. The number of thioether (sulfide) groups is 1. The van der Waals surface area contributed by atoms with Crippen LogP contribution in [0.25, 0.3) is 0 Å². The fraction of sp³-hybridized carbons (Fsp3) is 0.533. The first-order chi connectivity index (χ1) is 9.69. The second-order valence-corrected chi connectivity index (χ2v) is 5.89. The molecule has 0 aromatic heterocycles. The fourth-order valence-electron chi connectivity index (χ4n) is 2.34. The van der Waals surface area contributed by atoms with Crippen LogP contribution < -0.4 is 0 Å². The van der Waals surface area contributed by atoms with Crippen molar-refractivity contribution in [1.82, 2.24) is 4.90 Å². The van der Waals surface area contributed by atoms with Gasteiger partial charge >= 0.3 is 0 Å². The third-order valence-electron chi connectivity index (χ3n) is 3.36. The molecule has 0 saturated carbocycles. The first-order valence-electron chi connectivity index (χ1n) is 6.82. The maximum atomic E-state index is 13.2. The average Bonchev–Trinajstić information content (AvgIpc) is 2.45. The molecule has 1 atom stereocenters. The van der Waals surface area contributed by atoms with E-state index in [1.165, 1.54) is 12.1 Å². The second-order valence-electron chi connectivity index (χ2n) is 4.91. The molecule has 1 aliphatic rings. The largest absolute Gasteiger partial charge is 0.374 e. The Kier molecular flexibility index (Phi) is 5.86. The quantitative estimate of drug-likeness (QED) is 0.835. The van der Waals surface area contributed by atoms with Crippen molar-refractivity contribution >= 4 is 17.7 Å². The van der Waals surface area contributed by atoms with Gasteiger partial charge in [0, 0.05) is 31.7 Å². The molecule has 5 heteroatoms. The smallest absolute Gasteiger partial charge is 0.223 e. The van der Waals surface area contributed by atoms with Crippen molar-refractivity contribution in [3.8, 4) is 0 Å². The molecule has 3 nitrogen and oxygen atoms in total. The van der Waals surface area contributed by atoms with Gasteiger partial charge in [-0.3, -0.25) is 4.79 Å². The third kappa shape index (κ3) is 4.49. The highest BCUT2D eigenvalue weighted by Crippen LogP contribution is 2.14. The Hall–Kier alpha value is -1.07. The standard InChI is InChI=1S/C15H20FNO2S/c1-20-8-5-15(18)17-6-7-19-14(11-17)10-12-3-2-4-13(16)9-12/h2-4,9,14H,5-8,10-11H2,1H3. The Balaban J connectivity index is 1.88. The number of rotatable bonds is 5. The maximum Gasteiger partial charge on any atom is 0.223 e. The zero-order valence-corrected chi connectivity index (χ0v) is 12.5. The minimum Gasteiger partial charge on any atom is -0.374 e. The maximum absolute atomic E-state index is 13.2. The summed E-state index contributed by atoms with van der Waals surface area (Å²) in [4.78, 5) is 13.9. The van der Waals surface area contributed by atoms with Gasteiger partial charge < -0.3 is 9.64 Å². The SMILES string of the molecule is CSCCC(=O)N1CCOC(Cc2cccc(F)c2)C1. The van der Waals surface area contributed by atoms with Crippen LogP contribution in [0.5, 0.6) is 0 Å². The Bertz CT molecular complexity index is 455. The summed E-state index contributed by atoms with van der Waals surface area (Å²) in [5, 5.41) is 0. The van der Waals surface area contributed by atoms with Crippen molar-refractivity contribution in [2.75, 3.05) is 31.7 Å². The summed E-state index contributed by atoms with van der Waals surface area (Å²) in [6.45, 7) is 1.82. The van der Waals surface area contributed by atoms with E-state index in [2.05, 4.69) is 0 Å². The number of benzene rings is 1. The number of ether oxygens (including phenoxy) is 1. The van der Waals surface area contributed by atoms with Gasteiger partial charge in [0.1, 0.15) is 5.82 Å². The molecule has 1 fully saturated rings. The number of hydrogen-bond acceptors (Lipinski definition) is 3. The number of hydrogen-bond donors (Lipinski definition) is 0. The molecule has 0 aliphatic carbocycles. The van der Waals surface area contributed by atoms with E-state index in [0.717, 1.165) is 11.3 Å². The van der Waals surface area contributed by atoms with Crippen molar-refractivity contribution < 1.29 is 13.9 Å². The van der Waals surface area contributed by atoms with Gasteiger partial charge in [0.15, 0.2) is 0 Å². The van der Waals surface area contributed by atoms with Crippen LogP contribution in [0, 0.1) is 5.82 Å². The van der Waals surface area contributed by atoms with Crippen LogP contribution in [0.4, 0.5) is 4.39 Å². The topological polar surface area (TPSA) is 29.5 Å². The molecular formula is C15H20FNO2S. The Morgan fingerprint density at radius 2 is 2.40 bits per heavy atom. The van der Waals surface area contributed by atoms with E-state index in [1.807, 2.05) is 17.2 Å². The number of amides is 1. The van der Waals surface area contributed by atoms with Gasteiger partial charge in [-0.15, -0.1) is 0 Å². The van der Waals surface area contributed by atoms with Crippen LogP contribution >= 0.6 is 11.8 Å². The van der Waals surface area contributed by atoms with Gasteiger partial charge in [0.05, 0.1) is 12.7 Å². The molecule has 0 radical (unpaired) electrons. The van der Waals surface area contributed by atoms with Crippen molar-refractivity contribution in [3.63, 3.8) is 0 Å². The number of nitrogens with zero attached hydrogens (tertiary/aromatic N) is 1. The molecule has 1 saturated heterocycles. The van der Waals surface area contributed by atoms with Crippen LogP contribution in [0.1, 0.15) is 12.0 Å². The van der Waals surface area contributed by atoms with Crippen molar-refractivity contribution in [3.05, 3.63) is 35.6 Å². The molecule has 1 aromatic carbocycles. The van der Waals surface area contributed by atoms with E-state index < -0.39 is 0 Å². The summed E-state index contributed by atoms with van der Waals surface area (Å²) >= 11 is 1.68. The van der Waals surface area contributed by atoms with Crippen LogP contribution in [0.2, 0.25) is 0 Å². The summed E-state index contributed by atoms with van der Waals surface area (Å²) < 4.78 is 18.8. The van der Waals surface area contributed by atoms with Gasteiger partial charge in [-0.25, -0.2) is 4.39 Å². The van der Waals surface area contributed by atoms with Crippen molar-refractivity contribution in [1.29, 1.82) is 0 Å². The lowest BCUT2D eigenvalue weighted by atomic mass is 10.1. The van der Waals surface area contributed by atoms with Gasteiger partial charge in [0.2, 0.25) is 5.91 Å². The van der Waals surface area contributed by atoms with Gasteiger partial charge in [-0.05, 0) is 24.0 Å². The fourth-order valence-corrected chi connectivity index (χ4v) is 2.72. The highest BCUT2D eigenvalue weighted by atomic mass is 32.2. The normalized spacial score (nSPS) is 19.1. The molecule has 0 N–H and O–H groups in total. The van der Waals surface area contributed by atoms with Crippen molar-refractivity contribution in [2.24, 2.45) is 0 Å². The summed E-state index contributed by atoms with van der Waals surface area (Å²) in [5.41, 5.74) is 0.911. The first kappa shape index (κ1) is 15.3. The summed E-state index contributed by atoms with van der Waals surface area (Å²) in [5.74, 6) is 0.809. The lowest BCUT2D eigenvalue weighted by Gasteiger charge is -2.33. The predicted molar refractivity (Wildman–Crippen MR) is 79.4 cm³/mol. The number of carbonyl (C=O) groups is 1. The average molecular weight is 297 g/mol. The molecule has 2 rings (SSSR count). The van der Waals surface area contributed by atoms with E-state index in [9.17, 15) is 9.18 Å². The summed E-state index contributed by atoms with van der Waals surface area (Å²) in [7, 11) is 0. The van der Waals surface area contributed by atoms with E-state index in [4.69, 9.17) is 4.74 Å². The van der Waals surface area contributed by atoms with Gasteiger partial charge in [-0.2, -0.15) is 11.8 Å². The molecule has 20 heavy (non-hydrogen) atoms. The van der Waals surface area contributed by atoms with Crippen LogP contribution in [-0.2, 0) is 16.0 Å². The zero-order valence-electron chi connectivity index (χ0n) is 11.7. The predicted octanol–water partition coefficient (Wildman–Crippen LogP) is 2.35. The first-order valence-corrected chi connectivity index (χ1v) is 8.21. The van der Waals surface area contributed by atoms with Crippen LogP contribution in [0.3, 0.4) is 0 Å². The van der Waals surface area contributed by atoms with E-state index in [-0.39, 0.29) is 17.8 Å². The van der Waals surface area contributed by atoms with Crippen molar-refractivity contribution in [2.45, 2.75) is 18.9 Å². The van der Waals surface area contributed by atoms with E-state index >= 15 is 0 Å². The number of carbonyl (C=O) groups excluding carboxylic acids is 1. The third-order valence-corrected chi connectivity index (χ3v) is 3.98. The van der Waals surface area contributed by atoms with Gasteiger partial charge in [0.25, 0.3) is 0 Å². The number of morpholine rings is 1. The molecule has 1 heterocycles. The lowest BCUT2D eigenvalue weighted by Crippen LogP contribution is -2.46. The second kappa shape index (κ2) is 7.64. The zero-order chi connectivity index (χ0) is 14.4. The Morgan fingerprint density at radius 3 is 3.15 bits per heavy atom. The molecule has 0 bridgehead atoms. The Labute approximate surface area is 123 Å². The van der Waals surface area contributed by atoms with Crippen LogP contribution in [0.15, 0.2) is 24.3 Å². The Morgan fingerprint density at radius 1 is 1.55 bits per heavy atom. The molecule has 110 valence electrons. The van der Waals surface area contributed by atoms with E-state index in [0.29, 0.717) is 32.5 Å². The molecule has 0 spiro atoms. The summed E-state index contributed by atoms with van der Waals surface area (Å²) in [6, 6.07) is 6.55. The minimum absolute atomic E-state index is 0.0382. The minimum atomic E-state index is -0.230. The number of halogens is 1. The molecular weight excluding hydrogens is 277 g/mol. The lowest BCUT2D eigenvalue weighted by molar-refractivity contribution is -0.138. The molecule has 1 aromatic rings.